The van der Waals surface area contributed by atoms with Gasteiger partial charge < -0.3 is 13.6 Å². The highest BCUT2D eigenvalue weighted by Gasteiger charge is 2.41. The number of phosphoric acid groups is 1. The van der Waals surface area contributed by atoms with Gasteiger partial charge >= 0.3 is 7.82 Å². The molecular weight excluding hydrogens is 351 g/mol. The highest BCUT2D eigenvalue weighted by molar-refractivity contribution is 7.49. The van der Waals surface area contributed by atoms with Crippen LogP contribution in [0.25, 0.3) is 0 Å². The van der Waals surface area contributed by atoms with Gasteiger partial charge in [0.25, 0.3) is 0 Å². The summed E-state index contributed by atoms with van der Waals surface area (Å²) in [4.78, 5) is 11.6. The van der Waals surface area contributed by atoms with E-state index in [0.29, 0.717) is 36.5 Å². The average Bonchev–Trinajstić information content (AvgIpc) is 3.12. The van der Waals surface area contributed by atoms with Gasteiger partial charge in [0.2, 0.25) is 0 Å². The van der Waals surface area contributed by atoms with E-state index < -0.39 is 7.82 Å². The third kappa shape index (κ3) is 3.83. The minimum Gasteiger partial charge on any atom is -0.391 e. The van der Waals surface area contributed by atoms with Crippen LogP contribution in [0.2, 0.25) is 0 Å². The molecule has 26 heavy (non-hydrogen) atoms. The highest BCUT2D eigenvalue weighted by Crippen LogP contribution is 2.54. The molecule has 0 unspecified atom stereocenters. The molecule has 1 fully saturated rings. The Kier molecular flexibility index (Phi) is 4.56. The molecule has 6 heteroatoms. The number of carbonyl (C=O) groups excluding carboxylic acids is 1. The smallest absolute Gasteiger partial charge is 0.391 e. The van der Waals surface area contributed by atoms with Gasteiger partial charge in [0, 0.05) is 19.3 Å². The average molecular weight is 370 g/mol. The first-order valence-electron chi connectivity index (χ1n) is 8.61. The summed E-state index contributed by atoms with van der Waals surface area (Å²) >= 11 is 0. The van der Waals surface area contributed by atoms with Gasteiger partial charge in [-0.05, 0) is 42.2 Å². The van der Waals surface area contributed by atoms with E-state index in [1.54, 1.807) is 48.5 Å². The van der Waals surface area contributed by atoms with Crippen molar-refractivity contribution < 1.29 is 22.9 Å². The number of fused-ring (bicyclic) bond motifs is 1. The van der Waals surface area contributed by atoms with Crippen LogP contribution in [0, 0.1) is 11.8 Å². The fraction of sp³-hybridized carbons (Fsp3) is 0.250. The van der Waals surface area contributed by atoms with E-state index in [4.69, 9.17) is 13.6 Å². The van der Waals surface area contributed by atoms with Crippen molar-refractivity contribution in [2.75, 3.05) is 0 Å². The maximum absolute atomic E-state index is 13.3. The Morgan fingerprint density at radius 2 is 1.35 bits per heavy atom. The molecule has 0 aliphatic heterocycles. The van der Waals surface area contributed by atoms with Gasteiger partial charge in [0.15, 0.2) is 0 Å². The Morgan fingerprint density at radius 3 is 1.88 bits per heavy atom. The standard InChI is InChI=1S/C20H19O5P/c21-17-11-15-13-20(14-16(15)12-17)25-26(22,23-18-7-3-1-4-8-18)24-19-9-5-2-6-10-19/h1-10,13,15-16H,11-12,14H2/t15-,16+/m1/s1. The van der Waals surface area contributed by atoms with Crippen molar-refractivity contribution in [3.05, 3.63) is 72.5 Å². The highest BCUT2D eigenvalue weighted by atomic mass is 31.2. The van der Waals surface area contributed by atoms with Gasteiger partial charge in [-0.3, -0.25) is 4.79 Å². The maximum atomic E-state index is 13.3. The summed E-state index contributed by atoms with van der Waals surface area (Å²) in [5.41, 5.74) is 0. The van der Waals surface area contributed by atoms with Crippen LogP contribution in [0.3, 0.4) is 0 Å². The van der Waals surface area contributed by atoms with Gasteiger partial charge in [-0.15, -0.1) is 0 Å². The lowest BCUT2D eigenvalue weighted by molar-refractivity contribution is -0.117. The predicted octanol–water partition coefficient (Wildman–Crippen LogP) is 5.15. The first-order valence-corrected chi connectivity index (χ1v) is 10.1. The molecule has 0 amide bonds. The number of para-hydroxylation sites is 2. The normalized spacial score (nSPS) is 21.8. The van der Waals surface area contributed by atoms with E-state index in [1.165, 1.54) is 0 Å². The molecular formula is C20H19O5P. The van der Waals surface area contributed by atoms with Crippen molar-refractivity contribution in [1.29, 1.82) is 0 Å². The van der Waals surface area contributed by atoms with E-state index in [2.05, 4.69) is 0 Å². The molecule has 0 heterocycles. The zero-order valence-corrected chi connectivity index (χ0v) is 15.0. The number of ketones is 1. The van der Waals surface area contributed by atoms with E-state index in [-0.39, 0.29) is 17.6 Å². The van der Waals surface area contributed by atoms with Crippen molar-refractivity contribution >= 4 is 13.6 Å². The number of benzene rings is 2. The number of carbonyl (C=O) groups is 1. The van der Waals surface area contributed by atoms with E-state index in [0.717, 1.165) is 0 Å². The molecule has 4 rings (SSSR count). The zero-order valence-electron chi connectivity index (χ0n) is 14.1. The topological polar surface area (TPSA) is 61.8 Å². The summed E-state index contributed by atoms with van der Waals surface area (Å²) < 4.78 is 30.3. The Labute approximate surface area is 152 Å². The summed E-state index contributed by atoms with van der Waals surface area (Å²) in [5, 5.41) is 0. The monoisotopic (exact) mass is 370 g/mol. The Bertz CT molecular complexity index is 817. The van der Waals surface area contributed by atoms with Crippen LogP contribution in [-0.2, 0) is 13.9 Å². The van der Waals surface area contributed by atoms with Crippen LogP contribution in [0.1, 0.15) is 19.3 Å². The van der Waals surface area contributed by atoms with Crippen LogP contribution in [-0.4, -0.2) is 5.78 Å². The fourth-order valence-electron chi connectivity index (χ4n) is 3.43. The van der Waals surface area contributed by atoms with E-state index >= 15 is 0 Å². The maximum Gasteiger partial charge on any atom is 0.646 e. The second kappa shape index (κ2) is 7.00. The van der Waals surface area contributed by atoms with Gasteiger partial charge in [0.05, 0.1) is 0 Å². The number of hydrogen-bond acceptors (Lipinski definition) is 5. The number of phosphoric ester groups is 1. The van der Waals surface area contributed by atoms with E-state index in [9.17, 15) is 9.36 Å². The Hall–Kier alpha value is -2.52. The van der Waals surface area contributed by atoms with Gasteiger partial charge in [-0.2, -0.15) is 4.57 Å². The molecule has 2 aromatic rings. The molecule has 0 radical (unpaired) electrons. The lowest BCUT2D eigenvalue weighted by Gasteiger charge is -2.20. The van der Waals surface area contributed by atoms with Crippen molar-refractivity contribution in [3.8, 4) is 11.5 Å². The molecule has 134 valence electrons. The van der Waals surface area contributed by atoms with Gasteiger partial charge in [-0.25, -0.2) is 0 Å². The minimum atomic E-state index is -3.92. The van der Waals surface area contributed by atoms with Crippen LogP contribution < -0.4 is 9.05 Å². The largest absolute Gasteiger partial charge is 0.646 e. The van der Waals surface area contributed by atoms with E-state index in [1.807, 2.05) is 18.2 Å². The molecule has 0 saturated heterocycles. The van der Waals surface area contributed by atoms with Crippen molar-refractivity contribution in [1.82, 2.24) is 0 Å². The van der Waals surface area contributed by atoms with Crippen LogP contribution in [0.5, 0.6) is 11.5 Å². The number of hydrogen-bond donors (Lipinski definition) is 0. The molecule has 2 aromatic carbocycles. The molecule has 2 atom stereocenters. The summed E-state index contributed by atoms with van der Waals surface area (Å²) in [6.07, 6.45) is 3.56. The van der Waals surface area contributed by atoms with Crippen molar-refractivity contribution in [3.63, 3.8) is 0 Å². The summed E-state index contributed by atoms with van der Waals surface area (Å²) in [7, 11) is -3.92. The third-order valence-corrected chi connectivity index (χ3v) is 5.90. The third-order valence-electron chi connectivity index (χ3n) is 4.57. The molecule has 2 aliphatic rings. The molecule has 5 nitrogen and oxygen atoms in total. The second-order valence-corrected chi connectivity index (χ2v) is 8.00. The molecule has 0 aromatic heterocycles. The Balaban J connectivity index is 1.55. The lowest BCUT2D eigenvalue weighted by Crippen LogP contribution is -2.05. The summed E-state index contributed by atoms with van der Waals surface area (Å²) in [6, 6.07) is 17.6. The first kappa shape index (κ1) is 16.9. The van der Waals surface area contributed by atoms with Crippen molar-refractivity contribution in [2.45, 2.75) is 19.3 Å². The summed E-state index contributed by atoms with van der Waals surface area (Å²) in [5.74, 6) is 2.06. The predicted molar refractivity (Wildman–Crippen MR) is 96.8 cm³/mol. The summed E-state index contributed by atoms with van der Waals surface area (Å²) in [6.45, 7) is 0. The number of allylic oxidation sites excluding steroid dienone is 2. The van der Waals surface area contributed by atoms with Crippen molar-refractivity contribution in [2.24, 2.45) is 11.8 Å². The molecule has 2 aliphatic carbocycles. The minimum absolute atomic E-state index is 0.166. The molecule has 0 spiro atoms. The SMILES string of the molecule is O=C1C[C@H]2CC(OP(=O)(Oc3ccccc3)Oc3ccccc3)=C[C@H]2C1. The van der Waals surface area contributed by atoms with Crippen LogP contribution in [0.4, 0.5) is 0 Å². The van der Waals surface area contributed by atoms with Gasteiger partial charge in [-0.1, -0.05) is 36.4 Å². The zero-order chi connectivity index (χ0) is 18.0. The van der Waals surface area contributed by atoms with Crippen LogP contribution >= 0.6 is 7.82 Å². The molecule has 1 saturated carbocycles. The second-order valence-electron chi connectivity index (χ2n) is 6.56. The lowest BCUT2D eigenvalue weighted by atomic mass is 10.0. The molecule has 0 bridgehead atoms. The Morgan fingerprint density at radius 1 is 0.769 bits per heavy atom. The fourth-order valence-corrected chi connectivity index (χ4v) is 4.72. The first-order chi connectivity index (χ1) is 12.6. The molecule has 0 N–H and O–H groups in total. The number of Topliss-reactive ketones (excluding diaryl/α,β-unsaturated/α-hetero) is 1. The van der Waals surface area contributed by atoms with Gasteiger partial charge in [0.1, 0.15) is 23.0 Å². The van der Waals surface area contributed by atoms with Crippen LogP contribution in [0.15, 0.2) is 72.5 Å². The number of rotatable bonds is 6. The quantitative estimate of drug-likeness (QED) is 0.658.